The van der Waals surface area contributed by atoms with Crippen molar-refractivity contribution in [1.82, 2.24) is 5.32 Å². The van der Waals surface area contributed by atoms with Crippen molar-refractivity contribution in [2.24, 2.45) is 0 Å². The smallest absolute Gasteiger partial charge is 0.0594 e. The molecule has 0 heterocycles. The Labute approximate surface area is 82.4 Å². The summed E-state index contributed by atoms with van der Waals surface area (Å²) in [5.41, 5.74) is 0. The lowest BCUT2D eigenvalue weighted by Crippen LogP contribution is -2.19. The van der Waals surface area contributed by atoms with E-state index in [1.165, 1.54) is 0 Å². The monoisotopic (exact) mass is 185 g/mol. The standard InChI is InChI=1S/C11H23NO/c1-4-6-7-8-11(5-2)13-10-9-12-3/h4,6,11-12H,5,7-10H2,1-3H3/b6-4+. The molecule has 13 heavy (non-hydrogen) atoms. The Morgan fingerprint density at radius 2 is 2.23 bits per heavy atom. The summed E-state index contributed by atoms with van der Waals surface area (Å²) < 4.78 is 5.68. The summed E-state index contributed by atoms with van der Waals surface area (Å²) in [6.45, 7) is 6.01. The van der Waals surface area contributed by atoms with Gasteiger partial charge in [0.25, 0.3) is 0 Å². The van der Waals surface area contributed by atoms with Crippen LogP contribution in [0, 0.1) is 0 Å². The molecule has 0 aliphatic heterocycles. The number of nitrogens with one attached hydrogen (secondary N) is 1. The molecule has 0 fully saturated rings. The van der Waals surface area contributed by atoms with Crippen molar-refractivity contribution in [2.75, 3.05) is 20.2 Å². The number of allylic oxidation sites excluding steroid dienone is 2. The lowest BCUT2D eigenvalue weighted by atomic mass is 10.1. The summed E-state index contributed by atoms with van der Waals surface area (Å²) in [6, 6.07) is 0. The third kappa shape index (κ3) is 8.00. The van der Waals surface area contributed by atoms with Crippen molar-refractivity contribution < 1.29 is 4.74 Å². The minimum absolute atomic E-state index is 0.435. The van der Waals surface area contributed by atoms with Gasteiger partial charge in [0.05, 0.1) is 12.7 Å². The SMILES string of the molecule is C/C=C/CCC(CC)OCCNC. The van der Waals surface area contributed by atoms with Crippen LogP contribution in [0.4, 0.5) is 0 Å². The van der Waals surface area contributed by atoms with Gasteiger partial charge in [-0.1, -0.05) is 19.1 Å². The molecular weight excluding hydrogens is 162 g/mol. The number of hydrogen-bond donors (Lipinski definition) is 1. The van der Waals surface area contributed by atoms with Crippen LogP contribution < -0.4 is 5.32 Å². The van der Waals surface area contributed by atoms with Crippen LogP contribution in [0.2, 0.25) is 0 Å². The van der Waals surface area contributed by atoms with Crippen molar-refractivity contribution in [3.63, 3.8) is 0 Å². The van der Waals surface area contributed by atoms with E-state index in [4.69, 9.17) is 4.74 Å². The highest BCUT2D eigenvalue weighted by molar-refractivity contribution is 4.77. The maximum absolute atomic E-state index is 5.68. The average molecular weight is 185 g/mol. The lowest BCUT2D eigenvalue weighted by Gasteiger charge is -2.14. The molecule has 2 heteroatoms. The second-order valence-electron chi connectivity index (χ2n) is 3.15. The molecule has 0 aromatic rings. The second-order valence-corrected chi connectivity index (χ2v) is 3.15. The Bertz CT molecular complexity index is 123. The predicted octanol–water partition coefficient (Wildman–Crippen LogP) is 2.36. The van der Waals surface area contributed by atoms with Crippen LogP contribution in [0.15, 0.2) is 12.2 Å². The molecule has 0 aromatic heterocycles. The zero-order chi connectivity index (χ0) is 9.94. The van der Waals surface area contributed by atoms with E-state index in [1.54, 1.807) is 0 Å². The Morgan fingerprint density at radius 1 is 1.46 bits per heavy atom. The zero-order valence-corrected chi connectivity index (χ0v) is 9.18. The fraction of sp³-hybridized carbons (Fsp3) is 0.818. The molecule has 1 atom stereocenters. The zero-order valence-electron chi connectivity index (χ0n) is 9.18. The lowest BCUT2D eigenvalue weighted by molar-refractivity contribution is 0.0483. The first-order valence-electron chi connectivity index (χ1n) is 5.22. The quantitative estimate of drug-likeness (QED) is 0.463. The Balaban J connectivity index is 3.39. The van der Waals surface area contributed by atoms with Crippen molar-refractivity contribution in [2.45, 2.75) is 39.2 Å². The molecule has 78 valence electrons. The van der Waals surface area contributed by atoms with E-state index in [2.05, 4.69) is 31.3 Å². The van der Waals surface area contributed by atoms with E-state index in [0.717, 1.165) is 32.4 Å². The van der Waals surface area contributed by atoms with E-state index in [-0.39, 0.29) is 0 Å². The highest BCUT2D eigenvalue weighted by Gasteiger charge is 2.03. The molecule has 2 nitrogen and oxygen atoms in total. The van der Waals surface area contributed by atoms with Crippen molar-refractivity contribution in [3.05, 3.63) is 12.2 Å². The summed E-state index contributed by atoms with van der Waals surface area (Å²) >= 11 is 0. The molecule has 0 bridgehead atoms. The van der Waals surface area contributed by atoms with E-state index >= 15 is 0 Å². The van der Waals surface area contributed by atoms with Crippen LogP contribution >= 0.6 is 0 Å². The number of hydrogen-bond acceptors (Lipinski definition) is 2. The predicted molar refractivity (Wildman–Crippen MR) is 58.0 cm³/mol. The molecule has 0 spiro atoms. The van der Waals surface area contributed by atoms with Gasteiger partial charge in [0.15, 0.2) is 0 Å². The van der Waals surface area contributed by atoms with Gasteiger partial charge in [0.1, 0.15) is 0 Å². The van der Waals surface area contributed by atoms with Gasteiger partial charge in [-0.3, -0.25) is 0 Å². The summed E-state index contributed by atoms with van der Waals surface area (Å²) in [7, 11) is 1.95. The van der Waals surface area contributed by atoms with Crippen molar-refractivity contribution in [3.8, 4) is 0 Å². The van der Waals surface area contributed by atoms with E-state index < -0.39 is 0 Å². The first kappa shape index (κ1) is 12.7. The van der Waals surface area contributed by atoms with E-state index in [9.17, 15) is 0 Å². The summed E-state index contributed by atoms with van der Waals surface area (Å²) in [5.74, 6) is 0. The third-order valence-electron chi connectivity index (χ3n) is 2.05. The molecule has 1 N–H and O–H groups in total. The largest absolute Gasteiger partial charge is 0.377 e. The molecule has 0 aliphatic rings. The van der Waals surface area contributed by atoms with Gasteiger partial charge >= 0.3 is 0 Å². The Hall–Kier alpha value is -0.340. The molecular formula is C11H23NO. The molecule has 1 unspecified atom stereocenters. The van der Waals surface area contributed by atoms with Crippen LogP contribution in [0.1, 0.15) is 33.1 Å². The molecule has 0 rings (SSSR count). The molecule has 0 aromatic carbocycles. The number of rotatable bonds is 8. The maximum Gasteiger partial charge on any atom is 0.0594 e. The van der Waals surface area contributed by atoms with Gasteiger partial charge in [-0.05, 0) is 33.2 Å². The Morgan fingerprint density at radius 3 is 2.77 bits per heavy atom. The summed E-state index contributed by atoms with van der Waals surface area (Å²) in [4.78, 5) is 0. The van der Waals surface area contributed by atoms with Crippen molar-refractivity contribution in [1.29, 1.82) is 0 Å². The van der Waals surface area contributed by atoms with Gasteiger partial charge in [-0.25, -0.2) is 0 Å². The third-order valence-corrected chi connectivity index (χ3v) is 2.05. The van der Waals surface area contributed by atoms with Crippen LogP contribution in [-0.2, 0) is 4.74 Å². The molecule has 0 amide bonds. The van der Waals surface area contributed by atoms with Crippen LogP contribution in [-0.4, -0.2) is 26.3 Å². The highest BCUT2D eigenvalue weighted by atomic mass is 16.5. The number of ether oxygens (including phenoxy) is 1. The average Bonchev–Trinajstić information content (AvgIpc) is 2.16. The summed E-state index contributed by atoms with van der Waals surface area (Å²) in [6.07, 6.45) is 8.12. The number of likely N-dealkylation sites (N-methyl/N-ethyl adjacent to an activating group) is 1. The van der Waals surface area contributed by atoms with Crippen molar-refractivity contribution >= 4 is 0 Å². The minimum atomic E-state index is 0.435. The first-order valence-corrected chi connectivity index (χ1v) is 5.22. The molecule has 0 radical (unpaired) electrons. The van der Waals surface area contributed by atoms with Gasteiger partial charge in [0, 0.05) is 6.54 Å². The van der Waals surface area contributed by atoms with Crippen LogP contribution in [0.3, 0.4) is 0 Å². The Kier molecular flexibility index (Phi) is 9.49. The minimum Gasteiger partial charge on any atom is -0.377 e. The van der Waals surface area contributed by atoms with Gasteiger partial charge < -0.3 is 10.1 Å². The first-order chi connectivity index (χ1) is 6.35. The van der Waals surface area contributed by atoms with Gasteiger partial charge in [-0.2, -0.15) is 0 Å². The topological polar surface area (TPSA) is 21.3 Å². The highest BCUT2D eigenvalue weighted by Crippen LogP contribution is 2.06. The summed E-state index contributed by atoms with van der Waals surface area (Å²) in [5, 5.41) is 3.08. The fourth-order valence-corrected chi connectivity index (χ4v) is 1.18. The molecule has 0 aliphatic carbocycles. The van der Waals surface area contributed by atoms with E-state index in [0.29, 0.717) is 6.10 Å². The molecule has 0 saturated carbocycles. The maximum atomic E-state index is 5.68. The van der Waals surface area contributed by atoms with Crippen LogP contribution in [0.25, 0.3) is 0 Å². The van der Waals surface area contributed by atoms with E-state index in [1.807, 2.05) is 7.05 Å². The van der Waals surface area contributed by atoms with Gasteiger partial charge in [0.2, 0.25) is 0 Å². The van der Waals surface area contributed by atoms with Gasteiger partial charge in [-0.15, -0.1) is 0 Å². The molecule has 0 saturated heterocycles. The fourth-order valence-electron chi connectivity index (χ4n) is 1.18. The normalized spacial score (nSPS) is 13.8. The second kappa shape index (κ2) is 9.75. The van der Waals surface area contributed by atoms with Crippen LogP contribution in [0.5, 0.6) is 0 Å².